The van der Waals surface area contributed by atoms with Crippen LogP contribution in [-0.2, 0) is 6.54 Å². The zero-order valence-electron chi connectivity index (χ0n) is 14.9. The van der Waals surface area contributed by atoms with Gasteiger partial charge in [-0.3, -0.25) is 0 Å². The minimum Gasteiger partial charge on any atom is -0.451 e. The molecule has 26 heavy (non-hydrogen) atoms. The van der Waals surface area contributed by atoms with Gasteiger partial charge in [-0.15, -0.1) is 0 Å². The zero-order valence-corrected chi connectivity index (χ0v) is 14.9. The number of hydrogen-bond acceptors (Lipinski definition) is 4. The van der Waals surface area contributed by atoms with Gasteiger partial charge in [0.05, 0.1) is 0 Å². The molecule has 0 aromatic heterocycles. The molecule has 0 bridgehead atoms. The molecule has 140 valence electrons. The van der Waals surface area contributed by atoms with Crippen molar-refractivity contribution in [2.24, 2.45) is 5.73 Å². The summed E-state index contributed by atoms with van der Waals surface area (Å²) in [6.45, 7) is 2.13. The quantitative estimate of drug-likeness (QED) is 0.704. The molecule has 6 heteroatoms. The van der Waals surface area contributed by atoms with Crippen molar-refractivity contribution in [1.29, 1.82) is 0 Å². The van der Waals surface area contributed by atoms with Crippen LogP contribution in [0, 0.1) is 18.6 Å². The van der Waals surface area contributed by atoms with Gasteiger partial charge in [0.15, 0.2) is 17.4 Å². The van der Waals surface area contributed by atoms with E-state index in [1.54, 1.807) is 18.2 Å². The number of ether oxygens (including phenoxy) is 1. The summed E-state index contributed by atoms with van der Waals surface area (Å²) >= 11 is 0. The van der Waals surface area contributed by atoms with Gasteiger partial charge in [-0.2, -0.15) is 0 Å². The number of halogens is 2. The topological polar surface area (TPSA) is 73.3 Å². The van der Waals surface area contributed by atoms with Gasteiger partial charge in [-0.25, -0.2) is 8.78 Å². The second-order valence-electron chi connectivity index (χ2n) is 6.96. The molecule has 0 spiro atoms. The maximum Gasteiger partial charge on any atom is 0.198 e. The van der Waals surface area contributed by atoms with E-state index in [0.717, 1.165) is 31.2 Å². The molecule has 1 fully saturated rings. The normalized spacial score (nSPS) is 20.2. The molecule has 0 amide bonds. The van der Waals surface area contributed by atoms with Crippen LogP contribution in [0.4, 0.5) is 14.5 Å². The lowest BCUT2D eigenvalue weighted by atomic mass is 9.92. The van der Waals surface area contributed by atoms with Crippen LogP contribution in [0.2, 0.25) is 0 Å². The fourth-order valence-corrected chi connectivity index (χ4v) is 3.21. The Kier molecular flexibility index (Phi) is 5.74. The Morgan fingerprint density at radius 2 is 1.85 bits per heavy atom. The Bertz CT molecular complexity index is 774. The van der Waals surface area contributed by atoms with Crippen LogP contribution in [0.15, 0.2) is 30.3 Å². The molecule has 0 aliphatic heterocycles. The molecule has 3 rings (SSSR count). The molecule has 0 unspecified atom stereocenters. The van der Waals surface area contributed by atoms with Crippen molar-refractivity contribution in [3.05, 3.63) is 53.1 Å². The Morgan fingerprint density at radius 3 is 2.54 bits per heavy atom. The standard InChI is InChI=1S/C20H25F2N3O/c1-12-10-16(7-9-18(12)24)26-20-17(21)8-2-13(19(20)22)11-25-15-5-3-14(23)4-6-15/h2,7-10,14-15,25H,3-6,11,23-24H2,1H3/t14-,15+. The van der Waals surface area contributed by atoms with Gasteiger partial charge < -0.3 is 21.5 Å². The molecule has 1 aliphatic rings. The third-order valence-electron chi connectivity index (χ3n) is 4.94. The Hall–Kier alpha value is -2.18. The van der Waals surface area contributed by atoms with E-state index in [1.807, 2.05) is 6.92 Å². The minimum absolute atomic E-state index is 0.263. The number of nitrogen functional groups attached to an aromatic ring is 1. The predicted molar refractivity (Wildman–Crippen MR) is 99.1 cm³/mol. The Labute approximate surface area is 152 Å². The van der Waals surface area contributed by atoms with Crippen molar-refractivity contribution >= 4 is 5.69 Å². The lowest BCUT2D eigenvalue weighted by Gasteiger charge is -2.27. The summed E-state index contributed by atoms with van der Waals surface area (Å²) in [7, 11) is 0. The van der Waals surface area contributed by atoms with Crippen molar-refractivity contribution < 1.29 is 13.5 Å². The smallest absolute Gasteiger partial charge is 0.198 e. The van der Waals surface area contributed by atoms with Crippen molar-refractivity contribution in [2.75, 3.05) is 5.73 Å². The number of hydrogen-bond donors (Lipinski definition) is 3. The number of aryl methyl sites for hydroxylation is 1. The van der Waals surface area contributed by atoms with Gasteiger partial charge in [0.25, 0.3) is 0 Å². The first-order valence-corrected chi connectivity index (χ1v) is 8.94. The predicted octanol–water partition coefficient (Wildman–Crippen LogP) is 4.01. The molecular formula is C20H25F2N3O. The number of benzene rings is 2. The molecular weight excluding hydrogens is 336 g/mol. The lowest BCUT2D eigenvalue weighted by Crippen LogP contribution is -2.37. The average Bonchev–Trinajstić information content (AvgIpc) is 2.62. The number of anilines is 1. The second kappa shape index (κ2) is 8.01. The van der Waals surface area contributed by atoms with E-state index in [1.165, 1.54) is 12.1 Å². The summed E-state index contributed by atoms with van der Waals surface area (Å²) in [5.41, 5.74) is 13.4. The third kappa shape index (κ3) is 4.31. The van der Waals surface area contributed by atoms with Gasteiger partial charge in [0.1, 0.15) is 5.75 Å². The van der Waals surface area contributed by atoms with Crippen LogP contribution in [0.3, 0.4) is 0 Å². The third-order valence-corrected chi connectivity index (χ3v) is 4.94. The average molecular weight is 361 g/mol. The van der Waals surface area contributed by atoms with Crippen molar-refractivity contribution in [2.45, 2.75) is 51.2 Å². The Morgan fingerprint density at radius 1 is 1.12 bits per heavy atom. The first-order chi connectivity index (χ1) is 12.4. The SMILES string of the molecule is Cc1cc(Oc2c(F)ccc(CN[C@H]3CC[C@@H](N)CC3)c2F)ccc1N. The highest BCUT2D eigenvalue weighted by molar-refractivity contribution is 5.50. The fraction of sp³-hybridized carbons (Fsp3) is 0.400. The van der Waals surface area contributed by atoms with Gasteiger partial charge in [0, 0.05) is 29.9 Å². The van der Waals surface area contributed by atoms with Gasteiger partial charge in [0.2, 0.25) is 0 Å². The maximum absolute atomic E-state index is 14.8. The molecule has 0 radical (unpaired) electrons. The van der Waals surface area contributed by atoms with Crippen LogP contribution in [0.1, 0.15) is 36.8 Å². The van der Waals surface area contributed by atoms with E-state index < -0.39 is 11.6 Å². The molecule has 2 aromatic rings. The van der Waals surface area contributed by atoms with Crippen molar-refractivity contribution in [1.82, 2.24) is 5.32 Å². The molecule has 0 heterocycles. The van der Waals surface area contributed by atoms with E-state index in [4.69, 9.17) is 16.2 Å². The van der Waals surface area contributed by atoms with E-state index in [-0.39, 0.29) is 11.8 Å². The van der Waals surface area contributed by atoms with Crippen LogP contribution in [0.25, 0.3) is 0 Å². The Balaban J connectivity index is 1.72. The van der Waals surface area contributed by atoms with Crippen LogP contribution >= 0.6 is 0 Å². The van der Waals surface area contributed by atoms with Crippen LogP contribution in [-0.4, -0.2) is 12.1 Å². The van der Waals surface area contributed by atoms with Crippen LogP contribution < -0.4 is 21.5 Å². The zero-order chi connectivity index (χ0) is 18.7. The second-order valence-corrected chi connectivity index (χ2v) is 6.96. The van der Waals surface area contributed by atoms with E-state index in [9.17, 15) is 8.78 Å². The van der Waals surface area contributed by atoms with Gasteiger partial charge >= 0.3 is 0 Å². The maximum atomic E-state index is 14.8. The molecule has 0 saturated heterocycles. The molecule has 2 aromatic carbocycles. The van der Waals surface area contributed by atoms with Crippen LogP contribution in [0.5, 0.6) is 11.5 Å². The number of rotatable bonds is 5. The molecule has 0 atom stereocenters. The summed E-state index contributed by atoms with van der Waals surface area (Å²) in [5.74, 6) is -1.45. The summed E-state index contributed by atoms with van der Waals surface area (Å²) in [5, 5.41) is 3.34. The highest BCUT2D eigenvalue weighted by atomic mass is 19.1. The van der Waals surface area contributed by atoms with Gasteiger partial charge in [-0.1, -0.05) is 6.07 Å². The number of nitrogens with two attached hydrogens (primary N) is 2. The summed E-state index contributed by atoms with van der Waals surface area (Å²) in [4.78, 5) is 0. The first kappa shape index (κ1) is 18.6. The van der Waals surface area contributed by atoms with E-state index in [0.29, 0.717) is 29.6 Å². The lowest BCUT2D eigenvalue weighted by molar-refractivity contribution is 0.338. The number of nitrogens with one attached hydrogen (secondary N) is 1. The molecule has 5 N–H and O–H groups in total. The monoisotopic (exact) mass is 361 g/mol. The van der Waals surface area contributed by atoms with E-state index in [2.05, 4.69) is 5.32 Å². The molecule has 1 aliphatic carbocycles. The van der Waals surface area contributed by atoms with Gasteiger partial charge in [-0.05, 0) is 62.4 Å². The largest absolute Gasteiger partial charge is 0.451 e. The molecule has 1 saturated carbocycles. The minimum atomic E-state index is -0.732. The summed E-state index contributed by atoms with van der Waals surface area (Å²) in [6.07, 6.45) is 3.87. The van der Waals surface area contributed by atoms with Crippen molar-refractivity contribution in [3.63, 3.8) is 0 Å². The summed E-state index contributed by atoms with van der Waals surface area (Å²) < 4.78 is 34.3. The summed E-state index contributed by atoms with van der Waals surface area (Å²) in [6, 6.07) is 8.16. The van der Waals surface area contributed by atoms with Crippen molar-refractivity contribution in [3.8, 4) is 11.5 Å². The highest BCUT2D eigenvalue weighted by Crippen LogP contribution is 2.31. The molecule has 4 nitrogen and oxygen atoms in total. The van der Waals surface area contributed by atoms with E-state index >= 15 is 0 Å². The fourth-order valence-electron chi connectivity index (χ4n) is 3.21. The highest BCUT2D eigenvalue weighted by Gasteiger charge is 2.20. The first-order valence-electron chi connectivity index (χ1n) is 8.94.